The Hall–Kier alpha value is -2.98. The van der Waals surface area contributed by atoms with E-state index in [1.165, 1.54) is 5.56 Å². The van der Waals surface area contributed by atoms with Gasteiger partial charge in [0.15, 0.2) is 17.4 Å². The topological polar surface area (TPSA) is 39.0 Å². The predicted molar refractivity (Wildman–Crippen MR) is 122 cm³/mol. The van der Waals surface area contributed by atoms with E-state index in [1.807, 2.05) is 86.0 Å². The van der Waals surface area contributed by atoms with Crippen molar-refractivity contribution in [3.05, 3.63) is 95.8 Å². The van der Waals surface area contributed by atoms with Crippen LogP contribution in [0.15, 0.2) is 79.1 Å². The molecule has 148 valence electrons. The van der Waals surface area contributed by atoms with Crippen LogP contribution in [0, 0.1) is 6.92 Å². The van der Waals surface area contributed by atoms with Gasteiger partial charge in [0, 0.05) is 17.8 Å². The predicted octanol–water partition coefficient (Wildman–Crippen LogP) is 4.71. The van der Waals surface area contributed by atoms with Crippen LogP contribution in [0.4, 0.5) is 5.69 Å². The molecule has 3 nitrogen and oxygen atoms in total. The molecule has 1 aromatic heterocycles. The third-order valence-corrected chi connectivity index (χ3v) is 5.02. The van der Waals surface area contributed by atoms with Gasteiger partial charge in [0.25, 0.3) is 0 Å². The second kappa shape index (κ2) is 8.58. The molecule has 3 aromatic rings. The van der Waals surface area contributed by atoms with Crippen LogP contribution < -0.4 is 15.0 Å². The van der Waals surface area contributed by atoms with E-state index in [2.05, 4.69) is 26.1 Å². The maximum absolute atomic E-state index is 13.4. The molecule has 1 heterocycles. The zero-order valence-electron chi connectivity index (χ0n) is 17.3. The molecule has 1 N–H and O–H groups in total. The normalized spacial score (nSPS) is 12.3. The fourth-order valence-electron chi connectivity index (χ4n) is 2.97. The summed E-state index contributed by atoms with van der Waals surface area (Å²) in [5.74, 6) is -0.119. The number of nitrogens with one attached hydrogen (secondary N) is 1. The molecule has 0 aliphatic heterocycles. The van der Waals surface area contributed by atoms with Gasteiger partial charge in [0.2, 0.25) is 5.70 Å². The number of thiocarbonyl (C=S) groups is 1. The van der Waals surface area contributed by atoms with Crippen molar-refractivity contribution >= 4 is 34.3 Å². The Bertz CT molecular complexity index is 1020. The molecule has 0 unspecified atom stereocenters. The van der Waals surface area contributed by atoms with Crippen LogP contribution in [-0.4, -0.2) is 4.99 Å². The van der Waals surface area contributed by atoms with E-state index in [0.29, 0.717) is 16.2 Å². The number of nitrogens with zero attached hydrogens (tertiary/aromatic N) is 1. The Balaban J connectivity index is 2.02. The monoisotopic (exact) mass is 402 g/mol. The number of anilines is 1. The van der Waals surface area contributed by atoms with Crippen LogP contribution in [0.3, 0.4) is 0 Å². The van der Waals surface area contributed by atoms with Gasteiger partial charge in [0.05, 0.1) is 0 Å². The van der Waals surface area contributed by atoms with Crippen molar-refractivity contribution in [3.8, 4) is 0 Å². The lowest BCUT2D eigenvalue weighted by Gasteiger charge is -2.21. The summed E-state index contributed by atoms with van der Waals surface area (Å²) < 4.78 is 1.77. The summed E-state index contributed by atoms with van der Waals surface area (Å²) in [5.41, 5.74) is 4.26. The fraction of sp³-hybridized carbons (Fsp3) is 0.200. The maximum Gasteiger partial charge on any atom is 0.238 e. The second-order valence-corrected chi connectivity index (χ2v) is 8.52. The van der Waals surface area contributed by atoms with Crippen molar-refractivity contribution in [2.24, 2.45) is 0 Å². The minimum atomic E-state index is -0.119. The fourth-order valence-corrected chi connectivity index (χ4v) is 3.29. The second-order valence-electron chi connectivity index (χ2n) is 8.11. The standard InChI is InChI=1S/C25H26N2OS/c1-18-8-14-21(15-9-18)26-24(29)22(27-16-6-5-7-17-27)23(28)19-10-12-20(13-11-19)25(2,3)4/h5-17H,1-4H3,(H-,26,28,29). The Kier molecular flexibility index (Phi) is 6.14. The zero-order chi connectivity index (χ0) is 21.0. The summed E-state index contributed by atoms with van der Waals surface area (Å²) in [7, 11) is 0. The smallest absolute Gasteiger partial charge is 0.238 e. The van der Waals surface area contributed by atoms with Crippen LogP contribution >= 0.6 is 12.2 Å². The highest BCUT2D eigenvalue weighted by molar-refractivity contribution is 7.81. The van der Waals surface area contributed by atoms with Crippen molar-refractivity contribution in [3.63, 3.8) is 0 Å². The Morgan fingerprint density at radius 3 is 2.03 bits per heavy atom. The van der Waals surface area contributed by atoms with E-state index in [1.54, 1.807) is 4.57 Å². The number of pyridine rings is 1. The van der Waals surface area contributed by atoms with Gasteiger partial charge in [0.1, 0.15) is 0 Å². The summed E-state index contributed by atoms with van der Waals surface area (Å²) >= 11 is 5.64. The lowest BCUT2D eigenvalue weighted by Crippen LogP contribution is -2.39. The Labute approximate surface area is 178 Å². The number of benzene rings is 2. The molecule has 4 heteroatoms. The van der Waals surface area contributed by atoms with Crippen molar-refractivity contribution in [1.29, 1.82) is 0 Å². The van der Waals surface area contributed by atoms with E-state index in [4.69, 9.17) is 12.2 Å². The number of rotatable bonds is 4. The molecular weight excluding hydrogens is 376 g/mol. The highest BCUT2D eigenvalue weighted by Crippen LogP contribution is 2.24. The van der Waals surface area contributed by atoms with E-state index in [0.717, 1.165) is 11.3 Å². The summed E-state index contributed by atoms with van der Waals surface area (Å²) in [5, 5.41) is 16.6. The molecule has 3 rings (SSSR count). The quantitative estimate of drug-likeness (QED) is 0.297. The molecule has 0 fully saturated rings. The van der Waals surface area contributed by atoms with Gasteiger partial charge in [-0.25, -0.2) is 0 Å². The third kappa shape index (κ3) is 5.09. The first-order valence-electron chi connectivity index (χ1n) is 9.62. The number of hydrogen-bond donors (Lipinski definition) is 1. The molecule has 0 atom stereocenters. The van der Waals surface area contributed by atoms with Crippen LogP contribution in [-0.2, 0) is 5.41 Å². The van der Waals surface area contributed by atoms with Gasteiger partial charge in [-0.2, -0.15) is 4.57 Å². The molecule has 29 heavy (non-hydrogen) atoms. The Morgan fingerprint density at radius 1 is 0.897 bits per heavy atom. The van der Waals surface area contributed by atoms with Gasteiger partial charge in [-0.15, -0.1) is 0 Å². The summed E-state index contributed by atoms with van der Waals surface area (Å²) in [6.07, 6.45) is 3.67. The highest BCUT2D eigenvalue weighted by atomic mass is 32.1. The van der Waals surface area contributed by atoms with E-state index in [9.17, 15) is 5.11 Å². The van der Waals surface area contributed by atoms with E-state index < -0.39 is 0 Å². The maximum atomic E-state index is 13.4. The molecule has 0 bridgehead atoms. The average molecular weight is 403 g/mol. The van der Waals surface area contributed by atoms with E-state index in [-0.39, 0.29) is 11.2 Å². The lowest BCUT2D eigenvalue weighted by atomic mass is 9.86. The summed E-state index contributed by atoms with van der Waals surface area (Å²) in [6.45, 7) is 8.50. The van der Waals surface area contributed by atoms with Gasteiger partial charge in [-0.05, 0) is 41.4 Å². The SMILES string of the molecule is Cc1ccc(NC(=S)/C(=C(\[O-])c2ccc(C(C)(C)C)cc2)[n+]2ccccc2)cc1. The summed E-state index contributed by atoms with van der Waals surface area (Å²) in [6, 6.07) is 21.4. The molecule has 0 saturated heterocycles. The lowest BCUT2D eigenvalue weighted by molar-refractivity contribution is -0.577. The minimum absolute atomic E-state index is 0.0323. The van der Waals surface area contributed by atoms with E-state index >= 15 is 0 Å². The number of aromatic nitrogens is 1. The van der Waals surface area contributed by atoms with Gasteiger partial charge < -0.3 is 10.4 Å². The van der Waals surface area contributed by atoms with Crippen LogP contribution in [0.5, 0.6) is 0 Å². The molecule has 2 aromatic carbocycles. The molecule has 0 saturated carbocycles. The van der Waals surface area contributed by atoms with Crippen molar-refractivity contribution in [1.82, 2.24) is 0 Å². The first-order valence-corrected chi connectivity index (χ1v) is 10.0. The molecule has 0 aliphatic carbocycles. The Morgan fingerprint density at radius 2 is 1.48 bits per heavy atom. The van der Waals surface area contributed by atoms with Crippen molar-refractivity contribution in [2.45, 2.75) is 33.1 Å². The van der Waals surface area contributed by atoms with Crippen LogP contribution in [0.25, 0.3) is 11.5 Å². The first kappa shape index (κ1) is 20.7. The molecular formula is C25H26N2OS. The van der Waals surface area contributed by atoms with Gasteiger partial charge in [-0.3, -0.25) is 0 Å². The van der Waals surface area contributed by atoms with Gasteiger partial charge >= 0.3 is 0 Å². The molecule has 0 aliphatic rings. The third-order valence-electron chi connectivity index (χ3n) is 4.73. The van der Waals surface area contributed by atoms with Gasteiger partial charge in [-0.1, -0.05) is 81.0 Å². The first-order chi connectivity index (χ1) is 13.8. The molecule has 0 radical (unpaired) electrons. The van der Waals surface area contributed by atoms with Crippen molar-refractivity contribution in [2.75, 3.05) is 5.32 Å². The minimum Gasteiger partial charge on any atom is -0.867 e. The number of aryl methyl sites for hydroxylation is 1. The summed E-state index contributed by atoms with van der Waals surface area (Å²) in [4.78, 5) is 0.384. The average Bonchev–Trinajstić information content (AvgIpc) is 2.70. The largest absolute Gasteiger partial charge is 0.867 e. The van der Waals surface area contributed by atoms with Crippen LogP contribution in [0.1, 0.15) is 37.5 Å². The highest BCUT2D eigenvalue weighted by Gasteiger charge is 2.19. The molecule has 0 spiro atoms. The van der Waals surface area contributed by atoms with Crippen molar-refractivity contribution < 1.29 is 9.67 Å². The number of hydrogen-bond acceptors (Lipinski definition) is 2. The molecule has 0 amide bonds. The zero-order valence-corrected chi connectivity index (χ0v) is 18.1. The van der Waals surface area contributed by atoms with Crippen LogP contribution in [0.2, 0.25) is 0 Å².